The number of pyridine rings is 1. The van der Waals surface area contributed by atoms with Crippen LogP contribution in [0.15, 0.2) is 42.5 Å². The molecule has 0 amide bonds. The Morgan fingerprint density at radius 3 is 2.59 bits per heavy atom. The molecule has 3 heteroatoms. The number of nitrogens with zero attached hydrogens (tertiary/aromatic N) is 1. The van der Waals surface area contributed by atoms with E-state index in [9.17, 15) is 4.79 Å². The van der Waals surface area contributed by atoms with E-state index in [0.29, 0.717) is 11.3 Å². The molecule has 0 saturated heterocycles. The number of aryl methyl sites for hydroxylation is 2. The minimum absolute atomic E-state index is 0.0649. The third-order valence-corrected chi connectivity index (χ3v) is 5.37. The summed E-state index contributed by atoms with van der Waals surface area (Å²) in [5.41, 5.74) is 5.93. The number of ether oxygens (including phenoxy) is 1. The molecule has 1 heterocycles. The van der Waals surface area contributed by atoms with Gasteiger partial charge in [-0.15, -0.1) is 0 Å². The number of carbonyl (C=O) groups excluding carboxylic acids is 1. The average molecular weight is 359 g/mol. The van der Waals surface area contributed by atoms with Crippen molar-refractivity contribution in [3.05, 3.63) is 70.4 Å². The minimum Gasteiger partial charge on any atom is -0.423 e. The van der Waals surface area contributed by atoms with E-state index in [0.717, 1.165) is 47.0 Å². The molecule has 1 aliphatic carbocycles. The lowest BCUT2D eigenvalue weighted by Gasteiger charge is -2.20. The highest BCUT2D eigenvalue weighted by atomic mass is 16.5. The Labute approximate surface area is 160 Å². The fourth-order valence-electron chi connectivity index (χ4n) is 3.83. The predicted molar refractivity (Wildman–Crippen MR) is 109 cm³/mol. The molecule has 0 fully saturated rings. The molecular weight excluding hydrogens is 334 g/mol. The molecule has 2 aromatic carbocycles. The van der Waals surface area contributed by atoms with E-state index in [2.05, 4.69) is 26.8 Å². The van der Waals surface area contributed by atoms with E-state index in [1.54, 1.807) is 0 Å². The summed E-state index contributed by atoms with van der Waals surface area (Å²) in [5, 5.41) is 0.882. The first-order chi connectivity index (χ1) is 12.8. The number of para-hydroxylation sites is 1. The Morgan fingerprint density at radius 1 is 1.07 bits per heavy atom. The van der Waals surface area contributed by atoms with E-state index in [4.69, 9.17) is 9.72 Å². The third-order valence-electron chi connectivity index (χ3n) is 5.37. The van der Waals surface area contributed by atoms with Gasteiger partial charge in [0, 0.05) is 11.1 Å². The Kier molecular flexibility index (Phi) is 4.26. The molecule has 0 N–H and O–H groups in total. The van der Waals surface area contributed by atoms with Gasteiger partial charge in [-0.1, -0.05) is 51.1 Å². The van der Waals surface area contributed by atoms with Crippen LogP contribution in [0.5, 0.6) is 5.75 Å². The number of carbonyl (C=O) groups is 1. The largest absolute Gasteiger partial charge is 0.423 e. The maximum Gasteiger partial charge on any atom is 0.344 e. The lowest BCUT2D eigenvalue weighted by Crippen LogP contribution is -2.15. The summed E-state index contributed by atoms with van der Waals surface area (Å²) < 4.78 is 5.87. The number of hydrogen-bond donors (Lipinski definition) is 0. The van der Waals surface area contributed by atoms with Crippen LogP contribution < -0.4 is 4.74 Å². The highest BCUT2D eigenvalue weighted by Gasteiger charge is 2.25. The van der Waals surface area contributed by atoms with Crippen LogP contribution >= 0.6 is 0 Å². The normalized spacial score (nSPS) is 13.6. The van der Waals surface area contributed by atoms with Crippen molar-refractivity contribution >= 4 is 16.9 Å². The van der Waals surface area contributed by atoms with E-state index < -0.39 is 0 Å². The van der Waals surface area contributed by atoms with Crippen LogP contribution in [0.3, 0.4) is 0 Å². The van der Waals surface area contributed by atoms with Crippen LogP contribution in [0.4, 0.5) is 0 Å². The van der Waals surface area contributed by atoms with Crippen molar-refractivity contribution in [2.45, 2.75) is 52.4 Å². The van der Waals surface area contributed by atoms with Crippen LogP contribution in [0.2, 0.25) is 0 Å². The fourth-order valence-corrected chi connectivity index (χ4v) is 3.83. The first-order valence-electron chi connectivity index (χ1n) is 9.58. The summed E-state index contributed by atoms with van der Waals surface area (Å²) in [4.78, 5) is 17.9. The highest BCUT2D eigenvalue weighted by molar-refractivity contribution is 6.06. The van der Waals surface area contributed by atoms with Gasteiger partial charge in [0.1, 0.15) is 5.75 Å². The van der Waals surface area contributed by atoms with Crippen molar-refractivity contribution < 1.29 is 9.53 Å². The monoisotopic (exact) mass is 359 g/mol. The van der Waals surface area contributed by atoms with Crippen molar-refractivity contribution in [3.8, 4) is 5.75 Å². The van der Waals surface area contributed by atoms with E-state index in [-0.39, 0.29) is 11.4 Å². The molecule has 27 heavy (non-hydrogen) atoms. The molecule has 0 radical (unpaired) electrons. The summed E-state index contributed by atoms with van der Waals surface area (Å²) in [5.74, 6) is 0.346. The lowest BCUT2D eigenvalue weighted by atomic mass is 9.86. The van der Waals surface area contributed by atoms with Gasteiger partial charge in [0.05, 0.1) is 11.1 Å². The maximum atomic E-state index is 13.2. The first-order valence-corrected chi connectivity index (χ1v) is 9.58. The molecule has 0 aliphatic heterocycles. The summed E-state index contributed by atoms with van der Waals surface area (Å²) in [6, 6.07) is 13.9. The Bertz CT molecular complexity index is 1040. The van der Waals surface area contributed by atoms with Crippen LogP contribution in [-0.4, -0.2) is 11.0 Å². The number of hydrogen-bond acceptors (Lipinski definition) is 3. The second-order valence-corrected chi connectivity index (χ2v) is 8.40. The van der Waals surface area contributed by atoms with Crippen LogP contribution in [0, 0.1) is 6.92 Å². The second kappa shape index (κ2) is 6.49. The molecule has 0 spiro atoms. The number of benzene rings is 2. The van der Waals surface area contributed by atoms with Gasteiger partial charge in [-0.3, -0.25) is 4.98 Å². The van der Waals surface area contributed by atoms with Gasteiger partial charge in [-0.2, -0.15) is 0 Å². The zero-order valence-electron chi connectivity index (χ0n) is 16.4. The molecule has 3 aromatic rings. The number of esters is 1. The Balaban J connectivity index is 1.75. The topological polar surface area (TPSA) is 39.2 Å². The van der Waals surface area contributed by atoms with Gasteiger partial charge in [0.15, 0.2) is 0 Å². The van der Waals surface area contributed by atoms with Gasteiger partial charge >= 0.3 is 5.97 Å². The highest BCUT2D eigenvalue weighted by Crippen LogP contribution is 2.32. The Morgan fingerprint density at radius 2 is 1.85 bits per heavy atom. The number of fused-ring (bicyclic) bond motifs is 2. The van der Waals surface area contributed by atoms with Gasteiger partial charge in [-0.05, 0) is 60.4 Å². The van der Waals surface area contributed by atoms with Gasteiger partial charge in [0.25, 0.3) is 0 Å². The molecule has 0 unspecified atom stereocenters. The minimum atomic E-state index is -0.279. The van der Waals surface area contributed by atoms with Gasteiger partial charge < -0.3 is 4.74 Å². The summed E-state index contributed by atoms with van der Waals surface area (Å²) in [6.07, 6.45) is 2.86. The van der Waals surface area contributed by atoms with Crippen LogP contribution in [0.1, 0.15) is 59.9 Å². The maximum absolute atomic E-state index is 13.2. The zero-order valence-corrected chi connectivity index (χ0v) is 16.4. The summed E-state index contributed by atoms with van der Waals surface area (Å²) in [7, 11) is 0. The smallest absolute Gasteiger partial charge is 0.344 e. The molecule has 0 saturated carbocycles. The lowest BCUT2D eigenvalue weighted by molar-refractivity contribution is 0.0734. The van der Waals surface area contributed by atoms with Crippen molar-refractivity contribution in [3.63, 3.8) is 0 Å². The van der Waals surface area contributed by atoms with Crippen molar-refractivity contribution in [2.75, 3.05) is 0 Å². The molecule has 4 rings (SSSR count). The molecular formula is C24H25NO2. The summed E-state index contributed by atoms with van der Waals surface area (Å²) >= 11 is 0. The van der Waals surface area contributed by atoms with Crippen molar-refractivity contribution in [1.82, 2.24) is 4.98 Å². The molecule has 1 aliphatic rings. The standard InChI is InChI=1S/C24H25NO2/c1-15-14-16(24(2,3)4)12-13-21(15)27-23(26)22-17-8-5-6-10-19(17)25-20-11-7-9-18(20)22/h5-6,8,10,12-14H,7,9,11H2,1-4H3. The first kappa shape index (κ1) is 17.7. The average Bonchev–Trinajstić information content (AvgIpc) is 3.08. The molecule has 0 bridgehead atoms. The Hall–Kier alpha value is -2.68. The van der Waals surface area contributed by atoms with Gasteiger partial charge in [0.2, 0.25) is 0 Å². The molecule has 0 atom stereocenters. The third kappa shape index (κ3) is 3.23. The predicted octanol–water partition coefficient (Wildman–Crippen LogP) is 5.55. The molecule has 1 aromatic heterocycles. The summed E-state index contributed by atoms with van der Waals surface area (Å²) in [6.45, 7) is 8.53. The zero-order chi connectivity index (χ0) is 19.2. The van der Waals surface area contributed by atoms with E-state index >= 15 is 0 Å². The second-order valence-electron chi connectivity index (χ2n) is 8.40. The number of aromatic nitrogens is 1. The van der Waals surface area contributed by atoms with Gasteiger partial charge in [-0.25, -0.2) is 4.79 Å². The van der Waals surface area contributed by atoms with E-state index in [1.807, 2.05) is 43.3 Å². The molecule has 138 valence electrons. The van der Waals surface area contributed by atoms with Crippen molar-refractivity contribution in [1.29, 1.82) is 0 Å². The fraction of sp³-hybridized carbons (Fsp3) is 0.333. The van der Waals surface area contributed by atoms with E-state index in [1.165, 1.54) is 5.56 Å². The SMILES string of the molecule is Cc1cc(C(C)(C)C)ccc1OC(=O)c1c2c(nc3ccccc13)CCC2. The van der Waals surface area contributed by atoms with Crippen LogP contribution in [0.25, 0.3) is 10.9 Å². The van der Waals surface area contributed by atoms with Crippen LogP contribution in [-0.2, 0) is 18.3 Å². The molecule has 3 nitrogen and oxygen atoms in total. The quantitative estimate of drug-likeness (QED) is 0.445. The number of rotatable bonds is 2. The van der Waals surface area contributed by atoms with Crippen molar-refractivity contribution in [2.24, 2.45) is 0 Å².